The maximum atomic E-state index is 13.3. The van der Waals surface area contributed by atoms with Gasteiger partial charge in [0, 0.05) is 36.1 Å². The second-order valence-electron chi connectivity index (χ2n) is 12.7. The minimum atomic E-state index is -3.91. The number of anilines is 1. The van der Waals surface area contributed by atoms with Crippen LogP contribution in [0.4, 0.5) is 5.69 Å². The maximum Gasteiger partial charge on any atom is 0.538 e. The Balaban J connectivity index is 1.11. The number of aromatic amines is 1. The molecule has 3 aromatic carbocycles. The number of Topliss-reactive ketones (excluding diaryl/α,β-unsaturated/α-hetero) is 2. The number of hydrogen-bond donors (Lipinski definition) is 4. The molecule has 57 heavy (non-hydrogen) atoms. The number of carboxylic acid groups (broad SMARTS) is 1. The predicted octanol–water partition coefficient (Wildman–Crippen LogP) is 5.10. The fraction of sp³-hybridized carbons (Fsp3) is 0.250. The molecule has 0 radical (unpaired) electrons. The number of rotatable bonds is 20. The van der Waals surface area contributed by atoms with E-state index in [0.29, 0.717) is 39.5 Å². The van der Waals surface area contributed by atoms with Gasteiger partial charge in [0.1, 0.15) is 23.8 Å². The zero-order chi connectivity index (χ0) is 41.0. The standard InChI is InChI=1S/C40H39N6O10P/c1-4-54-57(53,55-5-2)56-24-27-12-10-26(11-13-27)20-35(48)33-9-7-6-8-29(33)21-32(47)18-19-34(40(51)52)46-38(49)28-14-16-30(17-15-28)41-22-31-23-42-37-36(45-31)39(50)44-25(3)43-37/h1,6-17,23,34,41H,5,18-22,24H2,2-3H3,(H,46,49)(H,51,52)(H,42,43,44,50)/t34-,57?/m0/s1. The van der Waals surface area contributed by atoms with E-state index in [2.05, 4.69) is 35.1 Å². The number of phosphoric acid groups is 1. The number of hydrogen-bond acceptors (Lipinski definition) is 13. The van der Waals surface area contributed by atoms with Crippen molar-refractivity contribution < 1.29 is 42.4 Å². The topological polar surface area (TPSA) is 229 Å². The lowest BCUT2D eigenvalue weighted by Crippen LogP contribution is -2.41. The summed E-state index contributed by atoms with van der Waals surface area (Å²) in [6.07, 6.45) is 8.00. The molecule has 2 atom stereocenters. The van der Waals surface area contributed by atoms with Crippen LogP contribution in [0.3, 0.4) is 0 Å². The van der Waals surface area contributed by atoms with Gasteiger partial charge in [-0.3, -0.25) is 28.2 Å². The number of phosphoric ester groups is 1. The van der Waals surface area contributed by atoms with Gasteiger partial charge in [0.05, 0.1) is 31.6 Å². The van der Waals surface area contributed by atoms with Crippen molar-refractivity contribution in [3.8, 4) is 12.5 Å². The first-order valence-corrected chi connectivity index (χ1v) is 19.2. The van der Waals surface area contributed by atoms with Crippen molar-refractivity contribution >= 4 is 48.1 Å². The van der Waals surface area contributed by atoms with Crippen molar-refractivity contribution in [2.75, 3.05) is 11.9 Å². The van der Waals surface area contributed by atoms with Gasteiger partial charge < -0.3 is 25.2 Å². The van der Waals surface area contributed by atoms with Crippen LogP contribution >= 0.6 is 7.82 Å². The maximum absolute atomic E-state index is 13.3. The number of aryl methyl sites for hydroxylation is 1. The molecule has 0 saturated heterocycles. The number of nitrogens with one attached hydrogen (secondary N) is 3. The first kappa shape index (κ1) is 41.6. The van der Waals surface area contributed by atoms with Gasteiger partial charge in [-0.25, -0.2) is 24.3 Å². The summed E-state index contributed by atoms with van der Waals surface area (Å²) >= 11 is 0. The van der Waals surface area contributed by atoms with E-state index < -0.39 is 31.3 Å². The fourth-order valence-electron chi connectivity index (χ4n) is 5.63. The smallest absolute Gasteiger partial charge is 0.480 e. The van der Waals surface area contributed by atoms with Gasteiger partial charge in [-0.05, 0) is 61.2 Å². The van der Waals surface area contributed by atoms with Gasteiger partial charge in [0.25, 0.3) is 11.5 Å². The molecule has 1 amide bonds. The Kier molecular flexibility index (Phi) is 14.1. The third-order valence-corrected chi connectivity index (χ3v) is 9.81. The Morgan fingerprint density at radius 2 is 1.68 bits per heavy atom. The Bertz CT molecular complexity index is 2410. The SMILES string of the molecule is C#COP(=O)(OCC)OCc1ccc(CC(=O)c2ccccc2CC(=O)CC[C@H](NC(=O)c2ccc(NCc3cnc4nc(C)[nH]c(=O)c4n3)cc2)C(=O)O)cc1. The molecule has 2 heterocycles. The molecule has 0 aliphatic heterocycles. The van der Waals surface area contributed by atoms with Gasteiger partial charge in [0.2, 0.25) is 0 Å². The highest BCUT2D eigenvalue weighted by atomic mass is 31.2. The summed E-state index contributed by atoms with van der Waals surface area (Å²) in [6, 6.07) is 18.5. The number of carboxylic acids is 1. The number of carbonyl (C=O) groups excluding carboxylic acids is 3. The van der Waals surface area contributed by atoms with E-state index in [9.17, 15) is 33.6 Å². The van der Waals surface area contributed by atoms with Crippen LogP contribution in [-0.2, 0) is 53.7 Å². The summed E-state index contributed by atoms with van der Waals surface area (Å²) < 4.78 is 27.4. The molecule has 0 spiro atoms. The number of aliphatic carboxylic acids is 1. The molecule has 0 bridgehead atoms. The largest absolute Gasteiger partial charge is 0.538 e. The first-order valence-electron chi connectivity index (χ1n) is 17.7. The van der Waals surface area contributed by atoms with Crippen LogP contribution in [0, 0.1) is 19.5 Å². The summed E-state index contributed by atoms with van der Waals surface area (Å²) in [5.41, 5.74) is 3.47. The van der Waals surface area contributed by atoms with Crippen LogP contribution < -0.4 is 16.2 Å². The lowest BCUT2D eigenvalue weighted by molar-refractivity contribution is -0.139. The molecule has 5 aromatic rings. The zero-order valence-corrected chi connectivity index (χ0v) is 31.9. The third-order valence-electron chi connectivity index (χ3n) is 8.46. The lowest BCUT2D eigenvalue weighted by Gasteiger charge is -2.15. The molecular formula is C40H39N6O10P. The second-order valence-corrected chi connectivity index (χ2v) is 14.2. The van der Waals surface area contributed by atoms with Crippen molar-refractivity contribution in [3.63, 3.8) is 0 Å². The van der Waals surface area contributed by atoms with Crippen molar-refractivity contribution in [3.05, 3.63) is 129 Å². The third kappa shape index (κ3) is 11.7. The van der Waals surface area contributed by atoms with Crippen LogP contribution in [0.15, 0.2) is 83.8 Å². The van der Waals surface area contributed by atoms with Gasteiger partial charge in [-0.1, -0.05) is 55.0 Å². The molecule has 294 valence electrons. The monoisotopic (exact) mass is 794 g/mol. The minimum absolute atomic E-state index is 0.0349. The summed E-state index contributed by atoms with van der Waals surface area (Å²) in [5, 5.41) is 15.4. The summed E-state index contributed by atoms with van der Waals surface area (Å²) in [7, 11) is -3.91. The van der Waals surface area contributed by atoms with Crippen LogP contribution in [0.25, 0.3) is 11.2 Å². The molecule has 0 aliphatic carbocycles. The van der Waals surface area contributed by atoms with E-state index in [4.69, 9.17) is 15.5 Å². The fourth-order valence-corrected chi connectivity index (χ4v) is 6.57. The molecule has 4 N–H and O–H groups in total. The Labute approximate surface area is 327 Å². The van der Waals surface area contributed by atoms with E-state index in [1.807, 2.05) is 6.11 Å². The molecule has 16 nitrogen and oxygen atoms in total. The number of ketones is 2. The Morgan fingerprint density at radius 3 is 2.39 bits per heavy atom. The number of H-pyrrole nitrogens is 1. The molecule has 2 aromatic heterocycles. The number of benzene rings is 3. The summed E-state index contributed by atoms with van der Waals surface area (Å²) in [5.74, 6) is -2.03. The average Bonchev–Trinajstić information content (AvgIpc) is 3.19. The van der Waals surface area contributed by atoms with Crippen LogP contribution in [0.2, 0.25) is 0 Å². The molecule has 17 heteroatoms. The normalized spacial score (nSPS) is 12.5. The van der Waals surface area contributed by atoms with Gasteiger partial charge in [-0.2, -0.15) is 0 Å². The Morgan fingerprint density at radius 1 is 0.965 bits per heavy atom. The van der Waals surface area contributed by atoms with Crippen LogP contribution in [0.1, 0.15) is 68.7 Å². The number of nitrogens with zero attached hydrogens (tertiary/aromatic N) is 3. The van der Waals surface area contributed by atoms with Gasteiger partial charge in [0.15, 0.2) is 16.9 Å². The number of aromatic nitrogens is 4. The van der Waals surface area contributed by atoms with Gasteiger partial charge in [-0.15, -0.1) is 0 Å². The number of carbonyl (C=O) groups is 4. The number of fused-ring (bicyclic) bond motifs is 1. The highest BCUT2D eigenvalue weighted by Crippen LogP contribution is 2.49. The van der Waals surface area contributed by atoms with E-state index in [1.165, 1.54) is 18.3 Å². The molecular weight excluding hydrogens is 755 g/mol. The summed E-state index contributed by atoms with van der Waals surface area (Å²) in [4.78, 5) is 78.9. The summed E-state index contributed by atoms with van der Waals surface area (Å²) in [6.45, 7) is 3.46. The zero-order valence-electron chi connectivity index (χ0n) is 31.0. The van der Waals surface area contributed by atoms with E-state index in [0.717, 1.165) is 0 Å². The quantitative estimate of drug-likeness (QED) is 0.0457. The van der Waals surface area contributed by atoms with E-state index in [-0.39, 0.29) is 73.7 Å². The van der Waals surface area contributed by atoms with Crippen molar-refractivity contribution in [2.24, 2.45) is 0 Å². The average molecular weight is 795 g/mol. The van der Waals surface area contributed by atoms with Crippen molar-refractivity contribution in [2.45, 2.75) is 58.7 Å². The molecule has 1 unspecified atom stereocenters. The molecule has 0 fully saturated rings. The first-order chi connectivity index (χ1) is 27.4. The molecule has 5 rings (SSSR count). The van der Waals surface area contributed by atoms with Crippen molar-refractivity contribution in [1.82, 2.24) is 25.3 Å². The van der Waals surface area contributed by atoms with Crippen LogP contribution in [-0.4, -0.2) is 61.1 Å². The second kappa shape index (κ2) is 19.4. The number of amides is 1. The number of terminal acetylenes is 1. The van der Waals surface area contributed by atoms with E-state index in [1.54, 1.807) is 74.5 Å². The molecule has 0 saturated carbocycles. The minimum Gasteiger partial charge on any atom is -0.480 e. The molecule has 0 aliphatic rings. The van der Waals surface area contributed by atoms with Crippen LogP contribution in [0.5, 0.6) is 0 Å². The Hall–Kier alpha value is -6.53. The van der Waals surface area contributed by atoms with Crippen molar-refractivity contribution in [1.29, 1.82) is 0 Å². The lowest BCUT2D eigenvalue weighted by atomic mass is 9.94. The highest BCUT2D eigenvalue weighted by molar-refractivity contribution is 7.48. The van der Waals surface area contributed by atoms with E-state index >= 15 is 0 Å². The highest BCUT2D eigenvalue weighted by Gasteiger charge is 2.27. The van der Waals surface area contributed by atoms with Gasteiger partial charge >= 0.3 is 13.8 Å². The predicted molar refractivity (Wildman–Crippen MR) is 208 cm³/mol.